The molecule has 5 atom stereocenters. The van der Waals surface area contributed by atoms with E-state index in [4.69, 9.17) is 14.2 Å². The van der Waals surface area contributed by atoms with Crippen molar-refractivity contribution < 1.29 is 23.7 Å². The second-order valence-electron chi connectivity index (χ2n) is 9.36. The van der Waals surface area contributed by atoms with Gasteiger partial charge in [-0.1, -0.05) is 0 Å². The number of aliphatic hydroxyl groups excluding tert-OH is 1. The Hall–Kier alpha value is -1.37. The highest BCUT2D eigenvalue weighted by Gasteiger charge is 2.41. The second-order valence-corrected chi connectivity index (χ2v) is 9.36. The summed E-state index contributed by atoms with van der Waals surface area (Å²) in [7, 11) is 1.63. The Morgan fingerprint density at radius 2 is 1.96 bits per heavy atom. The van der Waals surface area contributed by atoms with Gasteiger partial charge in [0.1, 0.15) is 6.17 Å². The summed E-state index contributed by atoms with van der Waals surface area (Å²) in [6.45, 7) is 8.12. The fourth-order valence-electron chi connectivity index (χ4n) is 4.41. The van der Waals surface area contributed by atoms with Gasteiger partial charge in [-0.15, -0.1) is 0 Å². The molecule has 0 radical (unpaired) electrons. The molecule has 2 fully saturated rings. The summed E-state index contributed by atoms with van der Waals surface area (Å²) in [5.41, 5.74) is 2.15. The number of hydrogen-bond acceptors (Lipinski definition) is 5. The predicted octanol–water partition coefficient (Wildman–Crippen LogP) is 3.28. The highest BCUT2D eigenvalue weighted by atomic mass is 19.1. The van der Waals surface area contributed by atoms with E-state index in [-0.39, 0.29) is 23.7 Å². The van der Waals surface area contributed by atoms with Crippen LogP contribution in [-0.2, 0) is 11.2 Å². The average Bonchev–Trinajstić information content (AvgIpc) is 3.34. The van der Waals surface area contributed by atoms with Crippen molar-refractivity contribution in [2.45, 2.75) is 70.1 Å². The Bertz CT molecular complexity index is 719. The maximum absolute atomic E-state index is 13.1. The standard InChI is InChI=1S/C22H32FNO4/c1-22(2,3)28-21-11-24-6-5-13-8-20(27-12-14-7-16(14)23)19(26-4)9-15(13)17(24)10-18(21)25/h8-9,14,16-18,21,25H,5-7,10-12H2,1-4H3/t14-,16+,17?,18?,21?/m1/s1. The highest BCUT2D eigenvalue weighted by Crippen LogP contribution is 2.43. The third kappa shape index (κ3) is 4.14. The van der Waals surface area contributed by atoms with Gasteiger partial charge in [0.2, 0.25) is 0 Å². The molecule has 4 rings (SSSR count). The van der Waals surface area contributed by atoms with Gasteiger partial charge >= 0.3 is 0 Å². The molecule has 1 N–H and O–H groups in total. The molecular formula is C22H32FNO4. The smallest absolute Gasteiger partial charge is 0.161 e. The first kappa shape index (κ1) is 19.9. The lowest BCUT2D eigenvalue weighted by Crippen LogP contribution is -2.53. The average molecular weight is 393 g/mol. The number of ether oxygens (including phenoxy) is 3. The van der Waals surface area contributed by atoms with E-state index in [2.05, 4.69) is 4.90 Å². The topological polar surface area (TPSA) is 51.2 Å². The lowest BCUT2D eigenvalue weighted by molar-refractivity contribution is -0.149. The number of aliphatic hydroxyl groups is 1. The molecule has 0 amide bonds. The first-order chi connectivity index (χ1) is 13.2. The van der Waals surface area contributed by atoms with Crippen molar-refractivity contribution in [2.75, 3.05) is 26.8 Å². The van der Waals surface area contributed by atoms with E-state index >= 15 is 0 Å². The van der Waals surface area contributed by atoms with Crippen LogP contribution in [-0.4, -0.2) is 60.8 Å². The van der Waals surface area contributed by atoms with Crippen molar-refractivity contribution in [3.63, 3.8) is 0 Å². The van der Waals surface area contributed by atoms with Crippen LogP contribution in [0.5, 0.6) is 11.5 Å². The van der Waals surface area contributed by atoms with E-state index in [1.165, 1.54) is 11.1 Å². The van der Waals surface area contributed by atoms with Gasteiger partial charge in [0, 0.05) is 25.0 Å². The fourth-order valence-corrected chi connectivity index (χ4v) is 4.41. The van der Waals surface area contributed by atoms with E-state index in [1.54, 1.807) is 7.11 Å². The molecule has 1 saturated carbocycles. The Kier molecular flexibility index (Phi) is 5.31. The Labute approximate surface area is 166 Å². The second kappa shape index (κ2) is 7.47. The predicted molar refractivity (Wildman–Crippen MR) is 105 cm³/mol. The van der Waals surface area contributed by atoms with Crippen LogP contribution in [0.15, 0.2) is 12.1 Å². The van der Waals surface area contributed by atoms with E-state index < -0.39 is 12.3 Å². The number of alkyl halides is 1. The minimum Gasteiger partial charge on any atom is -0.493 e. The summed E-state index contributed by atoms with van der Waals surface area (Å²) < 4.78 is 30.7. The Morgan fingerprint density at radius 1 is 1.21 bits per heavy atom. The van der Waals surface area contributed by atoms with Crippen LogP contribution in [0, 0.1) is 5.92 Å². The van der Waals surface area contributed by atoms with Gasteiger partial charge in [-0.2, -0.15) is 0 Å². The number of nitrogens with zero attached hydrogens (tertiary/aromatic N) is 1. The van der Waals surface area contributed by atoms with Crippen LogP contribution in [0.1, 0.15) is 50.8 Å². The zero-order valence-electron chi connectivity index (χ0n) is 17.3. The van der Waals surface area contributed by atoms with Crippen LogP contribution in [0.4, 0.5) is 4.39 Å². The van der Waals surface area contributed by atoms with Crippen LogP contribution in [0.25, 0.3) is 0 Å². The molecule has 5 nitrogen and oxygen atoms in total. The molecule has 1 aromatic carbocycles. The minimum absolute atomic E-state index is 0.0180. The SMILES string of the molecule is COc1cc2c(cc1OC[C@H]1C[C@@H]1F)CCN1CC(OC(C)(C)C)C(O)CC21. The first-order valence-corrected chi connectivity index (χ1v) is 10.3. The van der Waals surface area contributed by atoms with Crippen LogP contribution < -0.4 is 9.47 Å². The van der Waals surface area contributed by atoms with Crippen molar-refractivity contribution in [1.29, 1.82) is 0 Å². The molecule has 1 saturated heterocycles. The van der Waals surface area contributed by atoms with Crippen molar-refractivity contribution >= 4 is 0 Å². The number of piperidine rings is 1. The maximum Gasteiger partial charge on any atom is 0.161 e. The fraction of sp³-hybridized carbons (Fsp3) is 0.727. The minimum atomic E-state index is -0.718. The van der Waals surface area contributed by atoms with E-state index in [0.717, 1.165) is 19.5 Å². The Morgan fingerprint density at radius 3 is 2.61 bits per heavy atom. The van der Waals surface area contributed by atoms with Gasteiger partial charge in [-0.3, -0.25) is 4.90 Å². The zero-order chi connectivity index (χ0) is 20.1. The summed E-state index contributed by atoms with van der Waals surface area (Å²) in [5.74, 6) is 1.39. The van der Waals surface area contributed by atoms with E-state index in [1.807, 2.05) is 32.9 Å². The molecule has 0 bridgehead atoms. The lowest BCUT2D eigenvalue weighted by atomic mass is 9.84. The summed E-state index contributed by atoms with van der Waals surface area (Å²) in [6, 6.07) is 4.24. The molecule has 28 heavy (non-hydrogen) atoms. The van der Waals surface area contributed by atoms with Gasteiger partial charge in [-0.05, 0) is 63.3 Å². The van der Waals surface area contributed by atoms with Gasteiger partial charge in [-0.25, -0.2) is 4.39 Å². The molecular weight excluding hydrogens is 361 g/mol. The maximum atomic E-state index is 13.1. The zero-order valence-corrected chi connectivity index (χ0v) is 17.3. The summed E-state index contributed by atoms with van der Waals surface area (Å²) in [6.07, 6.45) is 0.769. The van der Waals surface area contributed by atoms with E-state index in [9.17, 15) is 9.50 Å². The van der Waals surface area contributed by atoms with Crippen molar-refractivity contribution in [3.05, 3.63) is 23.3 Å². The normalized spacial score (nSPS) is 32.4. The van der Waals surface area contributed by atoms with Crippen LogP contribution in [0.2, 0.25) is 0 Å². The number of benzene rings is 1. The molecule has 6 heteroatoms. The van der Waals surface area contributed by atoms with Gasteiger partial charge < -0.3 is 19.3 Å². The number of hydrogen-bond donors (Lipinski definition) is 1. The molecule has 1 aliphatic carbocycles. The van der Waals surface area contributed by atoms with Crippen LogP contribution >= 0.6 is 0 Å². The number of halogens is 1. The Balaban J connectivity index is 1.52. The van der Waals surface area contributed by atoms with Gasteiger partial charge in [0.15, 0.2) is 11.5 Å². The highest BCUT2D eigenvalue weighted by molar-refractivity contribution is 5.49. The first-order valence-electron chi connectivity index (χ1n) is 10.3. The third-order valence-corrected chi connectivity index (χ3v) is 6.00. The van der Waals surface area contributed by atoms with Gasteiger partial charge in [0.05, 0.1) is 31.5 Å². The number of rotatable bonds is 5. The molecule has 0 aromatic heterocycles. The third-order valence-electron chi connectivity index (χ3n) is 6.00. The van der Waals surface area contributed by atoms with Crippen molar-refractivity contribution in [1.82, 2.24) is 4.90 Å². The molecule has 156 valence electrons. The lowest BCUT2D eigenvalue weighted by Gasteiger charge is -2.46. The molecule has 1 aromatic rings. The molecule has 3 aliphatic rings. The molecule has 3 unspecified atom stereocenters. The molecule has 2 heterocycles. The van der Waals surface area contributed by atoms with Crippen molar-refractivity contribution in [3.8, 4) is 11.5 Å². The molecule has 2 aliphatic heterocycles. The number of methoxy groups -OCH3 is 1. The summed E-state index contributed by atoms with van der Waals surface area (Å²) >= 11 is 0. The number of fused-ring (bicyclic) bond motifs is 3. The summed E-state index contributed by atoms with van der Waals surface area (Å²) in [5, 5.41) is 10.7. The van der Waals surface area contributed by atoms with Gasteiger partial charge in [0.25, 0.3) is 0 Å². The molecule has 0 spiro atoms. The van der Waals surface area contributed by atoms with Crippen molar-refractivity contribution in [2.24, 2.45) is 5.92 Å². The quantitative estimate of drug-likeness (QED) is 0.832. The van der Waals surface area contributed by atoms with Crippen LogP contribution in [0.3, 0.4) is 0 Å². The summed E-state index contributed by atoms with van der Waals surface area (Å²) in [4.78, 5) is 2.41. The largest absolute Gasteiger partial charge is 0.493 e. The monoisotopic (exact) mass is 393 g/mol. The van der Waals surface area contributed by atoms with E-state index in [0.29, 0.717) is 30.9 Å².